The Morgan fingerprint density at radius 1 is 1.23 bits per heavy atom. The highest BCUT2D eigenvalue weighted by Gasteiger charge is 2.06. The van der Waals surface area contributed by atoms with Crippen LogP contribution in [0.15, 0.2) is 27.7 Å². The van der Waals surface area contributed by atoms with Crippen LogP contribution >= 0.6 is 24.0 Å². The summed E-state index contributed by atoms with van der Waals surface area (Å²) in [5.74, 6) is 2.85. The molecule has 0 aromatic carbocycles. The maximum atomic E-state index is 5.57. The van der Waals surface area contributed by atoms with Crippen LogP contribution in [0.4, 0.5) is 0 Å². The number of nitrogens with one attached hydrogen (secondary N) is 2. The highest BCUT2D eigenvalue weighted by molar-refractivity contribution is 14.0. The first-order valence-corrected chi connectivity index (χ1v) is 8.65. The summed E-state index contributed by atoms with van der Waals surface area (Å²) in [7, 11) is 0. The molecule has 0 saturated heterocycles. The minimum Gasteiger partial charge on any atom is -0.478 e. The average molecular weight is 473 g/mol. The molecule has 0 aliphatic carbocycles. The summed E-state index contributed by atoms with van der Waals surface area (Å²) in [6.45, 7) is 10.4. The number of oxazole rings is 1. The third-order valence-electron chi connectivity index (χ3n) is 3.50. The Morgan fingerprint density at radius 2 is 2.04 bits per heavy atom. The Kier molecular flexibility index (Phi) is 10.0. The molecule has 2 aromatic rings. The Hall–Kier alpha value is -1.84. The minimum atomic E-state index is 0. The van der Waals surface area contributed by atoms with Gasteiger partial charge in [-0.2, -0.15) is 0 Å². The van der Waals surface area contributed by atoms with Gasteiger partial charge in [-0.1, -0.05) is 13.0 Å². The van der Waals surface area contributed by atoms with Gasteiger partial charge in [0.25, 0.3) is 0 Å². The Morgan fingerprint density at radius 3 is 2.62 bits per heavy atom. The maximum absolute atomic E-state index is 5.57. The fourth-order valence-electron chi connectivity index (χ4n) is 2.08. The first kappa shape index (κ1) is 22.2. The predicted octanol–water partition coefficient (Wildman–Crippen LogP) is 3.35. The molecule has 2 heterocycles. The van der Waals surface area contributed by atoms with E-state index >= 15 is 0 Å². The molecule has 0 aliphatic rings. The first-order chi connectivity index (χ1) is 12.1. The molecule has 0 atom stereocenters. The summed E-state index contributed by atoms with van der Waals surface area (Å²) in [5, 5.41) is 6.43. The van der Waals surface area contributed by atoms with E-state index in [0.717, 1.165) is 30.0 Å². The van der Waals surface area contributed by atoms with E-state index in [1.807, 2.05) is 32.9 Å². The zero-order chi connectivity index (χ0) is 18.1. The molecule has 0 unspecified atom stereocenters. The highest BCUT2D eigenvalue weighted by atomic mass is 127. The van der Waals surface area contributed by atoms with E-state index in [0.29, 0.717) is 37.4 Å². The lowest BCUT2D eigenvalue weighted by Crippen LogP contribution is -2.36. The van der Waals surface area contributed by atoms with Crippen molar-refractivity contribution in [1.29, 1.82) is 0 Å². The number of aliphatic imine (C=N–C) groups is 1. The quantitative estimate of drug-likeness (QED) is 0.348. The van der Waals surface area contributed by atoms with Gasteiger partial charge in [0.1, 0.15) is 5.76 Å². The largest absolute Gasteiger partial charge is 0.478 e. The van der Waals surface area contributed by atoms with E-state index in [1.165, 1.54) is 0 Å². The van der Waals surface area contributed by atoms with Gasteiger partial charge in [0, 0.05) is 18.8 Å². The fourth-order valence-corrected chi connectivity index (χ4v) is 2.08. The standard InChI is InChI=1S/C18H27N5O2.HI/c1-5-9-24-16-8-7-15(10-20-16)11-21-18(19-6-2)22-12-17-23-13(3)14(4)25-17;/h7-8,10H,5-6,9,11-12H2,1-4H3,(H2,19,21,22);1H. The number of hydrogen-bond acceptors (Lipinski definition) is 5. The lowest BCUT2D eigenvalue weighted by molar-refractivity contribution is 0.305. The number of guanidine groups is 1. The number of halogens is 1. The summed E-state index contributed by atoms with van der Waals surface area (Å²) < 4.78 is 11.1. The van der Waals surface area contributed by atoms with Crippen LogP contribution in [-0.4, -0.2) is 29.1 Å². The lowest BCUT2D eigenvalue weighted by Gasteiger charge is -2.10. The van der Waals surface area contributed by atoms with Crippen molar-refractivity contribution in [1.82, 2.24) is 20.6 Å². The molecule has 7 nitrogen and oxygen atoms in total. The van der Waals surface area contributed by atoms with Crippen LogP contribution in [0.3, 0.4) is 0 Å². The zero-order valence-electron chi connectivity index (χ0n) is 15.8. The van der Waals surface area contributed by atoms with Crippen LogP contribution in [0.25, 0.3) is 0 Å². The van der Waals surface area contributed by atoms with Crippen molar-refractivity contribution in [2.24, 2.45) is 4.99 Å². The number of aromatic nitrogens is 2. The Labute approximate surface area is 172 Å². The normalized spacial score (nSPS) is 11.0. The van der Waals surface area contributed by atoms with Crippen molar-refractivity contribution in [3.63, 3.8) is 0 Å². The third kappa shape index (κ3) is 7.19. The molecule has 2 aromatic heterocycles. The molecule has 0 fully saturated rings. The highest BCUT2D eigenvalue weighted by Crippen LogP contribution is 2.09. The number of hydrogen-bond donors (Lipinski definition) is 2. The molecular weight excluding hydrogens is 445 g/mol. The number of ether oxygens (including phenoxy) is 1. The van der Waals surface area contributed by atoms with Gasteiger partial charge in [-0.05, 0) is 32.8 Å². The molecule has 8 heteroatoms. The molecular formula is C18H28IN5O2. The molecule has 144 valence electrons. The summed E-state index contributed by atoms with van der Waals surface area (Å²) in [6.07, 6.45) is 2.76. The van der Waals surface area contributed by atoms with Gasteiger partial charge >= 0.3 is 0 Å². The molecule has 2 N–H and O–H groups in total. The van der Waals surface area contributed by atoms with Gasteiger partial charge in [0.05, 0.1) is 25.4 Å². The molecule has 0 radical (unpaired) electrons. The van der Waals surface area contributed by atoms with E-state index in [1.54, 1.807) is 6.20 Å². The second-order valence-electron chi connectivity index (χ2n) is 5.65. The topological polar surface area (TPSA) is 84.6 Å². The van der Waals surface area contributed by atoms with E-state index in [9.17, 15) is 0 Å². The molecule has 0 amide bonds. The Balaban J connectivity index is 0.00000338. The van der Waals surface area contributed by atoms with Gasteiger partial charge in [-0.25, -0.2) is 15.0 Å². The zero-order valence-corrected chi connectivity index (χ0v) is 18.2. The van der Waals surface area contributed by atoms with Gasteiger partial charge in [0.2, 0.25) is 11.8 Å². The van der Waals surface area contributed by atoms with E-state index < -0.39 is 0 Å². The smallest absolute Gasteiger partial charge is 0.214 e. The number of nitrogens with zero attached hydrogens (tertiary/aromatic N) is 3. The first-order valence-electron chi connectivity index (χ1n) is 8.65. The predicted molar refractivity (Wildman–Crippen MR) is 113 cm³/mol. The van der Waals surface area contributed by atoms with Crippen molar-refractivity contribution >= 4 is 29.9 Å². The number of pyridine rings is 1. The van der Waals surface area contributed by atoms with Crippen LogP contribution < -0.4 is 15.4 Å². The summed E-state index contributed by atoms with van der Waals surface area (Å²) in [5.41, 5.74) is 1.93. The second kappa shape index (κ2) is 11.7. The van der Waals surface area contributed by atoms with Crippen molar-refractivity contribution < 1.29 is 9.15 Å². The molecule has 0 aliphatic heterocycles. The van der Waals surface area contributed by atoms with Crippen LogP contribution in [0, 0.1) is 13.8 Å². The van der Waals surface area contributed by atoms with Crippen LogP contribution in [0.1, 0.15) is 43.2 Å². The lowest BCUT2D eigenvalue weighted by atomic mass is 10.3. The summed E-state index contributed by atoms with van der Waals surface area (Å²) in [6, 6.07) is 3.85. The number of rotatable bonds is 8. The third-order valence-corrected chi connectivity index (χ3v) is 3.50. The van der Waals surface area contributed by atoms with Crippen LogP contribution in [0.2, 0.25) is 0 Å². The van der Waals surface area contributed by atoms with Crippen molar-refractivity contribution in [3.8, 4) is 5.88 Å². The minimum absolute atomic E-state index is 0. The maximum Gasteiger partial charge on any atom is 0.214 e. The van der Waals surface area contributed by atoms with E-state index in [4.69, 9.17) is 9.15 Å². The Bertz CT molecular complexity index is 666. The van der Waals surface area contributed by atoms with Crippen molar-refractivity contribution in [2.45, 2.75) is 47.2 Å². The van der Waals surface area contributed by atoms with Crippen LogP contribution in [0.5, 0.6) is 5.88 Å². The molecule has 0 saturated carbocycles. The van der Waals surface area contributed by atoms with E-state index in [2.05, 4.69) is 32.5 Å². The fraction of sp³-hybridized carbons (Fsp3) is 0.500. The average Bonchev–Trinajstić information content (AvgIpc) is 2.94. The van der Waals surface area contributed by atoms with Gasteiger partial charge in [-0.3, -0.25) is 0 Å². The molecule has 2 rings (SSSR count). The van der Waals surface area contributed by atoms with Gasteiger partial charge in [0.15, 0.2) is 5.96 Å². The van der Waals surface area contributed by atoms with Crippen molar-refractivity contribution in [3.05, 3.63) is 41.2 Å². The second-order valence-corrected chi connectivity index (χ2v) is 5.65. The molecule has 0 bridgehead atoms. The van der Waals surface area contributed by atoms with Crippen LogP contribution in [-0.2, 0) is 13.1 Å². The molecule has 0 spiro atoms. The summed E-state index contributed by atoms with van der Waals surface area (Å²) in [4.78, 5) is 13.2. The van der Waals surface area contributed by atoms with Gasteiger partial charge < -0.3 is 19.8 Å². The summed E-state index contributed by atoms with van der Waals surface area (Å²) >= 11 is 0. The van der Waals surface area contributed by atoms with Crippen molar-refractivity contribution in [2.75, 3.05) is 13.2 Å². The SMILES string of the molecule is CCCOc1ccc(CN=C(NCC)NCc2nc(C)c(C)o2)cn1.I. The molecule has 26 heavy (non-hydrogen) atoms. The van der Waals surface area contributed by atoms with Gasteiger partial charge in [-0.15, -0.1) is 24.0 Å². The monoisotopic (exact) mass is 473 g/mol. The number of aryl methyl sites for hydroxylation is 2. The van der Waals surface area contributed by atoms with E-state index in [-0.39, 0.29) is 24.0 Å².